The van der Waals surface area contributed by atoms with Gasteiger partial charge in [0.25, 0.3) is 0 Å². The smallest absolute Gasteiger partial charge is 0.0294 e. The molecule has 2 aliphatic rings. The van der Waals surface area contributed by atoms with E-state index < -0.39 is 0 Å². The van der Waals surface area contributed by atoms with Crippen molar-refractivity contribution < 1.29 is 0 Å². The fourth-order valence-corrected chi connectivity index (χ4v) is 3.40. The molecule has 2 heteroatoms. The first-order valence-corrected chi connectivity index (χ1v) is 7.72. The third-order valence-corrected chi connectivity index (χ3v) is 4.70. The molecule has 0 bridgehead atoms. The number of nitrogens with zero attached hydrogens (tertiary/aromatic N) is 1. The lowest BCUT2D eigenvalue weighted by Gasteiger charge is -2.21. The summed E-state index contributed by atoms with van der Waals surface area (Å²) in [5.41, 5.74) is 2.74. The maximum Gasteiger partial charge on any atom is 0.0294 e. The summed E-state index contributed by atoms with van der Waals surface area (Å²) in [6, 6.07) is 11.7. The zero-order chi connectivity index (χ0) is 13.4. The standard InChI is InChI=1S/C17H26N2/c1-12-4-6-15(7-5-12)14(3)18-16-10-13(2)19(11-16)17-8-9-17/h4-7,13-14,16-18H,8-11H2,1-3H3/t13?,14-,16?/m0/s1. The van der Waals surface area contributed by atoms with E-state index in [9.17, 15) is 0 Å². The molecule has 104 valence electrons. The molecule has 1 N–H and O–H groups in total. The Morgan fingerprint density at radius 1 is 1.21 bits per heavy atom. The van der Waals surface area contributed by atoms with Crippen LogP contribution in [-0.4, -0.2) is 29.6 Å². The Labute approximate surface area is 117 Å². The summed E-state index contributed by atoms with van der Waals surface area (Å²) in [5, 5.41) is 3.82. The SMILES string of the molecule is Cc1ccc([C@H](C)NC2CC(C)N(C3CC3)C2)cc1. The van der Waals surface area contributed by atoms with Crippen LogP contribution in [0.4, 0.5) is 0 Å². The maximum atomic E-state index is 3.82. The first-order chi connectivity index (χ1) is 9.13. The second-order valence-electron chi connectivity index (χ2n) is 6.51. The van der Waals surface area contributed by atoms with Crippen LogP contribution in [0.3, 0.4) is 0 Å². The van der Waals surface area contributed by atoms with E-state index in [4.69, 9.17) is 0 Å². The van der Waals surface area contributed by atoms with Crippen molar-refractivity contribution in [1.82, 2.24) is 10.2 Å². The van der Waals surface area contributed by atoms with Crippen LogP contribution >= 0.6 is 0 Å². The van der Waals surface area contributed by atoms with Crippen molar-refractivity contribution in [2.24, 2.45) is 0 Å². The molecule has 0 radical (unpaired) electrons. The Morgan fingerprint density at radius 3 is 2.53 bits per heavy atom. The van der Waals surface area contributed by atoms with Crippen molar-refractivity contribution in [2.75, 3.05) is 6.54 Å². The summed E-state index contributed by atoms with van der Waals surface area (Å²) >= 11 is 0. The van der Waals surface area contributed by atoms with Gasteiger partial charge in [-0.3, -0.25) is 4.90 Å². The van der Waals surface area contributed by atoms with Gasteiger partial charge in [-0.2, -0.15) is 0 Å². The van der Waals surface area contributed by atoms with Gasteiger partial charge in [-0.1, -0.05) is 29.8 Å². The molecule has 1 saturated heterocycles. The van der Waals surface area contributed by atoms with Crippen LogP contribution in [0.5, 0.6) is 0 Å². The molecule has 1 aromatic rings. The molecule has 1 heterocycles. The Kier molecular flexibility index (Phi) is 3.64. The van der Waals surface area contributed by atoms with Gasteiger partial charge in [0, 0.05) is 30.7 Å². The van der Waals surface area contributed by atoms with E-state index in [-0.39, 0.29) is 0 Å². The van der Waals surface area contributed by atoms with E-state index in [1.54, 1.807) is 0 Å². The first kappa shape index (κ1) is 13.1. The zero-order valence-electron chi connectivity index (χ0n) is 12.4. The molecule has 0 spiro atoms. The minimum atomic E-state index is 0.456. The molecule has 1 saturated carbocycles. The van der Waals surface area contributed by atoms with Crippen molar-refractivity contribution in [3.63, 3.8) is 0 Å². The predicted molar refractivity (Wildman–Crippen MR) is 80.3 cm³/mol. The van der Waals surface area contributed by atoms with Gasteiger partial charge < -0.3 is 5.32 Å². The predicted octanol–water partition coefficient (Wildman–Crippen LogP) is 3.27. The quantitative estimate of drug-likeness (QED) is 0.891. The highest BCUT2D eigenvalue weighted by Gasteiger charge is 2.38. The largest absolute Gasteiger partial charge is 0.306 e. The molecule has 2 nitrogen and oxygen atoms in total. The van der Waals surface area contributed by atoms with Gasteiger partial charge in [-0.05, 0) is 45.6 Å². The van der Waals surface area contributed by atoms with E-state index in [1.165, 1.54) is 36.9 Å². The Morgan fingerprint density at radius 2 is 1.89 bits per heavy atom. The van der Waals surface area contributed by atoms with Crippen molar-refractivity contribution >= 4 is 0 Å². The summed E-state index contributed by atoms with van der Waals surface area (Å²) in [6.45, 7) is 8.06. The molecule has 0 amide bonds. The van der Waals surface area contributed by atoms with Gasteiger partial charge in [-0.15, -0.1) is 0 Å². The van der Waals surface area contributed by atoms with Gasteiger partial charge in [-0.25, -0.2) is 0 Å². The van der Waals surface area contributed by atoms with Gasteiger partial charge in [0.05, 0.1) is 0 Å². The van der Waals surface area contributed by atoms with Crippen LogP contribution in [0.15, 0.2) is 24.3 Å². The van der Waals surface area contributed by atoms with Crippen LogP contribution in [0.25, 0.3) is 0 Å². The average Bonchev–Trinajstić information content (AvgIpc) is 3.15. The van der Waals surface area contributed by atoms with Crippen molar-refractivity contribution in [2.45, 2.75) is 64.2 Å². The third kappa shape index (κ3) is 3.01. The summed E-state index contributed by atoms with van der Waals surface area (Å²) in [6.07, 6.45) is 4.14. The van der Waals surface area contributed by atoms with E-state index in [0.29, 0.717) is 12.1 Å². The molecule has 19 heavy (non-hydrogen) atoms. The summed E-state index contributed by atoms with van der Waals surface area (Å²) in [7, 11) is 0. The normalized spacial score (nSPS) is 29.6. The Hall–Kier alpha value is -0.860. The zero-order valence-corrected chi connectivity index (χ0v) is 12.4. The number of likely N-dealkylation sites (tertiary alicyclic amines) is 1. The molecule has 2 unspecified atom stereocenters. The van der Waals surface area contributed by atoms with Gasteiger partial charge in [0.1, 0.15) is 0 Å². The van der Waals surface area contributed by atoms with Crippen LogP contribution in [0.1, 0.15) is 50.3 Å². The summed E-state index contributed by atoms with van der Waals surface area (Å²) < 4.78 is 0. The van der Waals surface area contributed by atoms with Crippen molar-refractivity contribution in [1.29, 1.82) is 0 Å². The van der Waals surface area contributed by atoms with Crippen LogP contribution in [0, 0.1) is 6.92 Å². The fourth-order valence-electron chi connectivity index (χ4n) is 3.40. The molecule has 1 aliphatic carbocycles. The van der Waals surface area contributed by atoms with Crippen molar-refractivity contribution in [3.8, 4) is 0 Å². The van der Waals surface area contributed by atoms with Gasteiger partial charge >= 0.3 is 0 Å². The second kappa shape index (κ2) is 5.26. The van der Waals surface area contributed by atoms with Crippen LogP contribution in [-0.2, 0) is 0 Å². The highest BCUT2D eigenvalue weighted by Crippen LogP contribution is 2.33. The molecule has 0 aromatic heterocycles. The van der Waals surface area contributed by atoms with Crippen LogP contribution < -0.4 is 5.32 Å². The van der Waals surface area contributed by atoms with Crippen molar-refractivity contribution in [3.05, 3.63) is 35.4 Å². The Bertz CT molecular complexity index is 421. The molecular weight excluding hydrogens is 232 g/mol. The molecular formula is C17H26N2. The number of hydrogen-bond donors (Lipinski definition) is 1. The van der Waals surface area contributed by atoms with E-state index in [2.05, 4.69) is 55.3 Å². The molecule has 1 aliphatic heterocycles. The van der Waals surface area contributed by atoms with Gasteiger partial charge in [0.15, 0.2) is 0 Å². The number of aryl methyl sites for hydroxylation is 1. The topological polar surface area (TPSA) is 15.3 Å². The Balaban J connectivity index is 1.57. The molecule has 3 rings (SSSR count). The monoisotopic (exact) mass is 258 g/mol. The van der Waals surface area contributed by atoms with Gasteiger partial charge in [0.2, 0.25) is 0 Å². The molecule has 3 atom stereocenters. The molecule has 1 aromatic carbocycles. The second-order valence-corrected chi connectivity index (χ2v) is 6.51. The minimum absolute atomic E-state index is 0.456. The summed E-state index contributed by atoms with van der Waals surface area (Å²) in [4.78, 5) is 2.71. The summed E-state index contributed by atoms with van der Waals surface area (Å²) in [5.74, 6) is 0. The number of rotatable bonds is 4. The lowest BCUT2D eigenvalue weighted by atomic mass is 10.0. The molecule has 2 fully saturated rings. The highest BCUT2D eigenvalue weighted by molar-refractivity contribution is 5.23. The maximum absolute atomic E-state index is 3.82. The lowest BCUT2D eigenvalue weighted by molar-refractivity contribution is 0.254. The highest BCUT2D eigenvalue weighted by atomic mass is 15.3. The van der Waals surface area contributed by atoms with E-state index in [1.807, 2.05) is 0 Å². The fraction of sp³-hybridized carbons (Fsp3) is 0.647. The minimum Gasteiger partial charge on any atom is -0.306 e. The number of nitrogens with one attached hydrogen (secondary N) is 1. The number of benzene rings is 1. The third-order valence-electron chi connectivity index (χ3n) is 4.70. The lowest BCUT2D eigenvalue weighted by Crippen LogP contribution is -2.35. The number of hydrogen-bond acceptors (Lipinski definition) is 2. The first-order valence-electron chi connectivity index (χ1n) is 7.72. The van der Waals surface area contributed by atoms with E-state index in [0.717, 1.165) is 12.1 Å². The van der Waals surface area contributed by atoms with Crippen LogP contribution in [0.2, 0.25) is 0 Å². The average molecular weight is 258 g/mol. The van der Waals surface area contributed by atoms with E-state index >= 15 is 0 Å².